The predicted molar refractivity (Wildman–Crippen MR) is 132 cm³/mol. The van der Waals surface area contributed by atoms with Gasteiger partial charge in [-0.1, -0.05) is 18.5 Å². The number of fused-ring (bicyclic) bond motifs is 1. The largest absolute Gasteiger partial charge is 0.493 e. The Morgan fingerprint density at radius 3 is 2.88 bits per heavy atom. The highest BCUT2D eigenvalue weighted by atomic mass is 35.5. The highest BCUT2D eigenvalue weighted by Gasteiger charge is 2.29. The molecule has 2 N–H and O–H groups in total. The Balaban J connectivity index is 1.47. The summed E-state index contributed by atoms with van der Waals surface area (Å²) in [5, 5.41) is 14.2. The summed E-state index contributed by atoms with van der Waals surface area (Å²) in [7, 11) is 1.59. The van der Waals surface area contributed by atoms with Crippen LogP contribution in [0.25, 0.3) is 10.9 Å². The molecule has 2 heterocycles. The highest BCUT2D eigenvalue weighted by Crippen LogP contribution is 2.35. The topological polar surface area (TPSA) is 79.7 Å². The fourth-order valence-corrected chi connectivity index (χ4v) is 4.61. The van der Waals surface area contributed by atoms with Crippen LogP contribution in [0.4, 0.5) is 15.9 Å². The SMILES string of the molecule is CC[C@@H](O)[C@@H]1CCCN1CCCOc1cc2c(Nc3ccc(F)c(Cl)c3)ncnc2cc1OC. The summed E-state index contributed by atoms with van der Waals surface area (Å²) in [6.45, 7) is 4.42. The predicted octanol–water partition coefficient (Wildman–Crippen LogP) is 5.18. The third-order valence-electron chi connectivity index (χ3n) is 6.23. The lowest BCUT2D eigenvalue weighted by Crippen LogP contribution is -2.39. The Bertz CT molecular complexity index is 1130. The number of rotatable bonds is 10. The fraction of sp³-hybridized carbons (Fsp3) is 0.440. The molecule has 1 saturated heterocycles. The smallest absolute Gasteiger partial charge is 0.162 e. The molecule has 0 saturated carbocycles. The molecule has 4 rings (SSSR count). The van der Waals surface area contributed by atoms with Gasteiger partial charge in [0.15, 0.2) is 11.5 Å². The van der Waals surface area contributed by atoms with E-state index >= 15 is 0 Å². The molecule has 1 aliphatic heterocycles. The summed E-state index contributed by atoms with van der Waals surface area (Å²) in [5.41, 5.74) is 1.29. The van der Waals surface area contributed by atoms with E-state index in [9.17, 15) is 9.50 Å². The van der Waals surface area contributed by atoms with Gasteiger partial charge in [0.1, 0.15) is 18.0 Å². The molecule has 182 valence electrons. The maximum absolute atomic E-state index is 13.5. The second-order valence-corrected chi connectivity index (χ2v) is 8.83. The van der Waals surface area contributed by atoms with Crippen molar-refractivity contribution >= 4 is 34.0 Å². The van der Waals surface area contributed by atoms with Crippen molar-refractivity contribution in [1.82, 2.24) is 14.9 Å². The minimum absolute atomic E-state index is 0.0285. The van der Waals surface area contributed by atoms with Gasteiger partial charge in [0, 0.05) is 29.7 Å². The number of ether oxygens (including phenoxy) is 2. The van der Waals surface area contributed by atoms with Crippen molar-refractivity contribution in [3.63, 3.8) is 0 Å². The lowest BCUT2D eigenvalue weighted by Gasteiger charge is -2.28. The molecule has 1 fully saturated rings. The van der Waals surface area contributed by atoms with Gasteiger partial charge in [-0.25, -0.2) is 14.4 Å². The number of aliphatic hydroxyl groups is 1. The van der Waals surface area contributed by atoms with E-state index in [-0.39, 0.29) is 17.2 Å². The molecule has 7 nitrogen and oxygen atoms in total. The summed E-state index contributed by atoms with van der Waals surface area (Å²) < 4.78 is 25.1. The number of halogens is 2. The summed E-state index contributed by atoms with van der Waals surface area (Å²) in [4.78, 5) is 11.1. The molecule has 0 amide bonds. The first-order chi connectivity index (χ1) is 16.5. The number of nitrogens with one attached hydrogen (secondary N) is 1. The maximum atomic E-state index is 13.5. The number of aromatic nitrogens is 2. The molecular weight excluding hydrogens is 459 g/mol. The third-order valence-corrected chi connectivity index (χ3v) is 6.52. The average molecular weight is 489 g/mol. The van der Waals surface area contributed by atoms with E-state index in [0.717, 1.165) is 44.2 Å². The standard InChI is InChI=1S/C25H30ClFN4O3/c1-3-22(32)21-6-4-9-31(21)10-5-11-34-24-13-17-20(14-23(24)33-2)28-15-29-25(17)30-16-7-8-19(27)18(26)12-16/h7-8,12-15,21-22,32H,3-6,9-11H2,1-2H3,(H,28,29,30)/t21-,22+/m0/s1. The third kappa shape index (κ3) is 5.51. The van der Waals surface area contributed by atoms with Gasteiger partial charge in [-0.2, -0.15) is 0 Å². The zero-order valence-electron chi connectivity index (χ0n) is 19.4. The van der Waals surface area contributed by atoms with E-state index in [0.29, 0.717) is 35.1 Å². The van der Waals surface area contributed by atoms with Crippen LogP contribution in [0.1, 0.15) is 32.6 Å². The Kier molecular flexibility index (Phi) is 8.03. The van der Waals surface area contributed by atoms with Crippen LogP contribution in [0.15, 0.2) is 36.7 Å². The molecule has 1 aliphatic rings. The molecular formula is C25H30ClFN4O3. The van der Waals surface area contributed by atoms with Gasteiger partial charge >= 0.3 is 0 Å². The zero-order valence-corrected chi connectivity index (χ0v) is 20.2. The number of hydrogen-bond donors (Lipinski definition) is 2. The van der Waals surface area contributed by atoms with Gasteiger partial charge in [0.2, 0.25) is 0 Å². The van der Waals surface area contributed by atoms with Crippen LogP contribution in [0, 0.1) is 5.82 Å². The lowest BCUT2D eigenvalue weighted by atomic mass is 10.1. The van der Waals surface area contributed by atoms with E-state index < -0.39 is 5.82 Å². The van der Waals surface area contributed by atoms with Gasteiger partial charge in [-0.05, 0) is 56.5 Å². The molecule has 9 heteroatoms. The molecule has 3 aromatic rings. The van der Waals surface area contributed by atoms with Crippen molar-refractivity contribution in [2.45, 2.75) is 44.8 Å². The molecule has 2 aromatic carbocycles. The van der Waals surface area contributed by atoms with Crippen molar-refractivity contribution in [3.8, 4) is 11.5 Å². The van der Waals surface area contributed by atoms with Crippen molar-refractivity contribution in [3.05, 3.63) is 47.5 Å². The van der Waals surface area contributed by atoms with Crippen LogP contribution < -0.4 is 14.8 Å². The number of nitrogens with zero attached hydrogens (tertiary/aromatic N) is 3. The molecule has 0 unspecified atom stereocenters. The normalized spacial score (nSPS) is 17.1. The average Bonchev–Trinajstić information content (AvgIpc) is 3.32. The second-order valence-electron chi connectivity index (χ2n) is 8.42. The second kappa shape index (κ2) is 11.2. The fourth-order valence-electron chi connectivity index (χ4n) is 4.43. The first kappa shape index (κ1) is 24.4. The first-order valence-electron chi connectivity index (χ1n) is 11.6. The Morgan fingerprint density at radius 2 is 2.12 bits per heavy atom. The number of anilines is 2. The highest BCUT2D eigenvalue weighted by molar-refractivity contribution is 6.31. The van der Waals surface area contributed by atoms with E-state index in [4.69, 9.17) is 21.1 Å². The van der Waals surface area contributed by atoms with Gasteiger partial charge < -0.3 is 19.9 Å². The molecule has 2 atom stereocenters. The van der Waals surface area contributed by atoms with E-state index in [1.54, 1.807) is 13.2 Å². The van der Waals surface area contributed by atoms with Crippen molar-refractivity contribution in [1.29, 1.82) is 0 Å². The number of methoxy groups -OCH3 is 1. The van der Waals surface area contributed by atoms with Crippen LogP contribution in [0.5, 0.6) is 11.5 Å². The first-order valence-corrected chi connectivity index (χ1v) is 12.0. The summed E-state index contributed by atoms with van der Waals surface area (Å²) in [5.74, 6) is 1.25. The molecule has 0 spiro atoms. The summed E-state index contributed by atoms with van der Waals surface area (Å²) in [6.07, 6.45) is 4.95. The summed E-state index contributed by atoms with van der Waals surface area (Å²) >= 11 is 5.91. The Morgan fingerprint density at radius 1 is 1.26 bits per heavy atom. The van der Waals surface area contributed by atoms with Gasteiger partial charge in [-0.15, -0.1) is 0 Å². The van der Waals surface area contributed by atoms with Crippen LogP contribution in [-0.2, 0) is 0 Å². The van der Waals surface area contributed by atoms with E-state index in [1.807, 2.05) is 19.1 Å². The van der Waals surface area contributed by atoms with Gasteiger partial charge in [0.25, 0.3) is 0 Å². The van der Waals surface area contributed by atoms with Gasteiger partial charge in [0.05, 0.1) is 30.4 Å². The molecule has 34 heavy (non-hydrogen) atoms. The van der Waals surface area contributed by atoms with Crippen LogP contribution in [0.3, 0.4) is 0 Å². The van der Waals surface area contributed by atoms with Gasteiger partial charge in [-0.3, -0.25) is 4.90 Å². The number of benzene rings is 2. The lowest BCUT2D eigenvalue weighted by molar-refractivity contribution is 0.0674. The van der Waals surface area contributed by atoms with Crippen molar-refractivity contribution in [2.24, 2.45) is 0 Å². The zero-order chi connectivity index (χ0) is 24.1. The maximum Gasteiger partial charge on any atom is 0.162 e. The number of aliphatic hydroxyl groups excluding tert-OH is 1. The monoisotopic (exact) mass is 488 g/mol. The quantitative estimate of drug-likeness (QED) is 0.381. The van der Waals surface area contributed by atoms with Crippen LogP contribution >= 0.6 is 11.6 Å². The van der Waals surface area contributed by atoms with E-state index in [2.05, 4.69) is 20.2 Å². The minimum atomic E-state index is -0.482. The number of likely N-dealkylation sites (tertiary alicyclic amines) is 1. The van der Waals surface area contributed by atoms with Crippen molar-refractivity contribution < 1.29 is 19.0 Å². The minimum Gasteiger partial charge on any atom is -0.493 e. The Hall–Kier alpha value is -2.68. The molecule has 0 radical (unpaired) electrons. The van der Waals surface area contributed by atoms with Crippen LogP contribution in [0.2, 0.25) is 5.02 Å². The molecule has 1 aromatic heterocycles. The Labute approximate surface area is 203 Å². The number of hydrogen-bond acceptors (Lipinski definition) is 7. The molecule has 0 aliphatic carbocycles. The summed E-state index contributed by atoms with van der Waals surface area (Å²) in [6, 6.07) is 8.30. The molecule has 0 bridgehead atoms. The van der Waals surface area contributed by atoms with Crippen molar-refractivity contribution in [2.75, 3.05) is 32.1 Å². The van der Waals surface area contributed by atoms with Crippen LogP contribution in [-0.4, -0.2) is 58.9 Å². The van der Waals surface area contributed by atoms with E-state index in [1.165, 1.54) is 18.5 Å².